The van der Waals surface area contributed by atoms with E-state index in [4.69, 9.17) is 4.74 Å². The standard InChI is InChI=1S/C23H31F6N5O4/c1-2-34-18(20(35)30-7-12-3-5-38-6-4-12)13(8-31-34)9-33-10-14-15(11-33)17(21(36)37)32-16(14)19(22(24,25)26)23(27,28)29/h8,12,14-17,19,32H,2-7,9-11H2,1H3,(H,30,35)(H,36,37). The number of hydrogen-bond acceptors (Lipinski definition) is 6. The summed E-state index contributed by atoms with van der Waals surface area (Å²) in [6.45, 7) is 3.65. The minimum absolute atomic E-state index is 0.0337. The van der Waals surface area contributed by atoms with Crippen LogP contribution in [0.3, 0.4) is 0 Å². The molecule has 1 aromatic heterocycles. The van der Waals surface area contributed by atoms with E-state index in [1.807, 2.05) is 0 Å². The molecule has 0 radical (unpaired) electrons. The molecule has 15 heteroatoms. The summed E-state index contributed by atoms with van der Waals surface area (Å²) in [5, 5.41) is 18.8. The van der Waals surface area contributed by atoms with Gasteiger partial charge in [0.2, 0.25) is 0 Å². The summed E-state index contributed by atoms with van der Waals surface area (Å²) in [4.78, 5) is 26.4. The van der Waals surface area contributed by atoms with Crippen molar-refractivity contribution < 1.29 is 45.8 Å². The third kappa shape index (κ3) is 5.93. The molecule has 4 atom stereocenters. The molecule has 214 valence electrons. The number of nitrogens with one attached hydrogen (secondary N) is 2. The molecule has 0 saturated carbocycles. The number of alkyl halides is 6. The third-order valence-corrected chi connectivity index (χ3v) is 7.80. The number of fused-ring (bicyclic) bond motifs is 1. The molecular weight excluding hydrogens is 524 g/mol. The van der Waals surface area contributed by atoms with Crippen LogP contribution in [-0.2, 0) is 22.6 Å². The number of carbonyl (C=O) groups excluding carboxylic acids is 1. The van der Waals surface area contributed by atoms with Crippen LogP contribution in [0.4, 0.5) is 26.3 Å². The van der Waals surface area contributed by atoms with Gasteiger partial charge in [-0.3, -0.25) is 19.2 Å². The summed E-state index contributed by atoms with van der Waals surface area (Å²) in [6, 6.07) is -3.69. The van der Waals surface area contributed by atoms with E-state index in [0.717, 1.165) is 12.8 Å². The monoisotopic (exact) mass is 555 g/mol. The summed E-state index contributed by atoms with van der Waals surface area (Å²) in [6.07, 6.45) is -8.11. The molecule has 4 rings (SSSR count). The van der Waals surface area contributed by atoms with Gasteiger partial charge in [0.05, 0.1) is 6.20 Å². The lowest BCUT2D eigenvalue weighted by molar-refractivity contribution is -0.293. The number of hydrogen-bond donors (Lipinski definition) is 3. The van der Waals surface area contributed by atoms with E-state index in [9.17, 15) is 41.0 Å². The Labute approximate surface area is 214 Å². The van der Waals surface area contributed by atoms with Crippen LogP contribution < -0.4 is 10.6 Å². The van der Waals surface area contributed by atoms with E-state index in [1.165, 1.54) is 10.9 Å². The highest BCUT2D eigenvalue weighted by molar-refractivity contribution is 5.94. The number of halogens is 6. The molecule has 0 aliphatic carbocycles. The molecule has 3 aliphatic rings. The van der Waals surface area contributed by atoms with Crippen LogP contribution in [0.2, 0.25) is 0 Å². The average molecular weight is 556 g/mol. The number of aromatic nitrogens is 2. The number of carboxylic acid groups (broad SMARTS) is 1. The van der Waals surface area contributed by atoms with Gasteiger partial charge in [-0.25, -0.2) is 0 Å². The van der Waals surface area contributed by atoms with Gasteiger partial charge in [0.1, 0.15) is 11.7 Å². The molecule has 4 unspecified atom stereocenters. The smallest absolute Gasteiger partial charge is 0.402 e. The zero-order valence-electron chi connectivity index (χ0n) is 20.7. The average Bonchev–Trinajstić information content (AvgIpc) is 3.51. The first-order chi connectivity index (χ1) is 17.8. The molecule has 38 heavy (non-hydrogen) atoms. The Bertz CT molecular complexity index is 995. The molecule has 0 spiro atoms. The Morgan fingerprint density at radius 2 is 1.79 bits per heavy atom. The lowest BCUT2D eigenvalue weighted by Crippen LogP contribution is -2.53. The predicted molar refractivity (Wildman–Crippen MR) is 120 cm³/mol. The number of rotatable bonds is 8. The quantitative estimate of drug-likeness (QED) is 0.423. The van der Waals surface area contributed by atoms with Gasteiger partial charge in [-0.2, -0.15) is 31.4 Å². The first-order valence-corrected chi connectivity index (χ1v) is 12.6. The lowest BCUT2D eigenvalue weighted by atomic mass is 9.84. The van der Waals surface area contributed by atoms with Crippen LogP contribution in [0.25, 0.3) is 0 Å². The maximum atomic E-state index is 13.5. The molecule has 3 N–H and O–H groups in total. The molecule has 9 nitrogen and oxygen atoms in total. The van der Waals surface area contributed by atoms with Crippen LogP contribution in [0.5, 0.6) is 0 Å². The fourth-order valence-electron chi connectivity index (χ4n) is 6.00. The van der Waals surface area contributed by atoms with Crippen molar-refractivity contribution in [1.82, 2.24) is 25.3 Å². The fraction of sp³-hybridized carbons (Fsp3) is 0.783. The van der Waals surface area contributed by atoms with Crippen molar-refractivity contribution in [2.75, 3.05) is 32.8 Å². The van der Waals surface area contributed by atoms with E-state index in [2.05, 4.69) is 15.7 Å². The van der Waals surface area contributed by atoms with Gasteiger partial charge < -0.3 is 20.5 Å². The molecule has 0 aromatic carbocycles. The van der Waals surface area contributed by atoms with Crippen molar-refractivity contribution in [3.8, 4) is 0 Å². The van der Waals surface area contributed by atoms with Gasteiger partial charge in [-0.05, 0) is 31.6 Å². The Morgan fingerprint density at radius 3 is 2.37 bits per heavy atom. The van der Waals surface area contributed by atoms with E-state index in [-0.39, 0.29) is 37.2 Å². The zero-order valence-corrected chi connectivity index (χ0v) is 20.7. The Kier molecular flexibility index (Phi) is 8.28. The van der Waals surface area contributed by atoms with Crippen molar-refractivity contribution in [3.63, 3.8) is 0 Å². The summed E-state index contributed by atoms with van der Waals surface area (Å²) >= 11 is 0. The number of carbonyl (C=O) groups is 2. The summed E-state index contributed by atoms with van der Waals surface area (Å²) < 4.78 is 87.8. The van der Waals surface area contributed by atoms with Crippen molar-refractivity contribution in [2.45, 2.75) is 57.3 Å². The molecule has 0 bridgehead atoms. The van der Waals surface area contributed by atoms with E-state index in [1.54, 1.807) is 11.8 Å². The summed E-state index contributed by atoms with van der Waals surface area (Å²) in [5.74, 6) is -7.46. The number of nitrogens with zero attached hydrogens (tertiary/aromatic N) is 3. The van der Waals surface area contributed by atoms with Gasteiger partial charge >= 0.3 is 18.3 Å². The van der Waals surface area contributed by atoms with Crippen LogP contribution in [-0.4, -0.2) is 88.9 Å². The number of aryl methyl sites for hydroxylation is 1. The van der Waals surface area contributed by atoms with Gasteiger partial charge in [0, 0.05) is 63.5 Å². The van der Waals surface area contributed by atoms with Crippen LogP contribution in [0, 0.1) is 23.7 Å². The first kappa shape index (κ1) is 28.6. The maximum absolute atomic E-state index is 13.5. The molecule has 1 aromatic rings. The zero-order chi connectivity index (χ0) is 27.8. The van der Waals surface area contributed by atoms with Gasteiger partial charge in [0.15, 0.2) is 5.92 Å². The van der Waals surface area contributed by atoms with Crippen molar-refractivity contribution in [2.24, 2.45) is 23.7 Å². The Morgan fingerprint density at radius 1 is 1.16 bits per heavy atom. The van der Waals surface area contributed by atoms with Gasteiger partial charge in [0.25, 0.3) is 5.91 Å². The summed E-state index contributed by atoms with van der Waals surface area (Å²) in [7, 11) is 0. The van der Waals surface area contributed by atoms with E-state index >= 15 is 0 Å². The highest BCUT2D eigenvalue weighted by Gasteiger charge is 2.66. The predicted octanol–water partition coefficient (Wildman–Crippen LogP) is 2.27. The van der Waals surface area contributed by atoms with Crippen molar-refractivity contribution >= 4 is 11.9 Å². The second-order valence-corrected chi connectivity index (χ2v) is 10.2. The van der Waals surface area contributed by atoms with Crippen molar-refractivity contribution in [3.05, 3.63) is 17.5 Å². The van der Waals surface area contributed by atoms with E-state index in [0.29, 0.717) is 31.9 Å². The molecule has 4 heterocycles. The van der Waals surface area contributed by atoms with Crippen molar-refractivity contribution in [1.29, 1.82) is 0 Å². The normalized spacial score (nSPS) is 27.2. The second kappa shape index (κ2) is 11.0. The first-order valence-electron chi connectivity index (χ1n) is 12.6. The van der Waals surface area contributed by atoms with Gasteiger partial charge in [-0.15, -0.1) is 0 Å². The maximum Gasteiger partial charge on any atom is 0.402 e. The molecular formula is C23H31F6N5O4. The second-order valence-electron chi connectivity index (χ2n) is 10.2. The topological polar surface area (TPSA) is 109 Å². The Hall–Kier alpha value is -2.39. The number of aliphatic carboxylic acids is 1. The molecule has 3 saturated heterocycles. The lowest BCUT2D eigenvalue weighted by Gasteiger charge is -2.32. The minimum Gasteiger partial charge on any atom is -0.480 e. The highest BCUT2D eigenvalue weighted by atomic mass is 19.4. The van der Waals surface area contributed by atoms with Crippen LogP contribution >= 0.6 is 0 Å². The number of amides is 1. The SMILES string of the molecule is CCn1ncc(CN2CC3C(C(=O)O)NC(C(C(F)(F)F)C(F)(F)F)C3C2)c1C(=O)NCC1CCOCC1. The number of ether oxygens (including phenoxy) is 1. The minimum atomic E-state index is -5.60. The number of carboxylic acids is 1. The van der Waals surface area contributed by atoms with Crippen LogP contribution in [0.1, 0.15) is 35.8 Å². The molecule has 3 aliphatic heterocycles. The summed E-state index contributed by atoms with van der Waals surface area (Å²) in [5.41, 5.74) is 0.736. The molecule has 3 fully saturated rings. The van der Waals surface area contributed by atoms with E-state index < -0.39 is 48.2 Å². The Balaban J connectivity index is 1.51. The van der Waals surface area contributed by atoms with Gasteiger partial charge in [-0.1, -0.05) is 0 Å². The number of likely N-dealkylation sites (tertiary alicyclic amines) is 1. The fourth-order valence-corrected chi connectivity index (χ4v) is 6.00. The highest BCUT2D eigenvalue weighted by Crippen LogP contribution is 2.48. The molecule has 1 amide bonds. The largest absolute Gasteiger partial charge is 0.480 e. The van der Waals surface area contributed by atoms with Crippen LogP contribution in [0.15, 0.2) is 6.20 Å². The third-order valence-electron chi connectivity index (χ3n) is 7.80.